The van der Waals surface area contributed by atoms with Gasteiger partial charge in [0.2, 0.25) is 0 Å². The van der Waals surface area contributed by atoms with E-state index in [0.29, 0.717) is 17.2 Å². The van der Waals surface area contributed by atoms with Gasteiger partial charge < -0.3 is 10.4 Å². The fourth-order valence-electron chi connectivity index (χ4n) is 1.24. The van der Waals surface area contributed by atoms with Gasteiger partial charge >= 0.3 is 5.97 Å². The lowest BCUT2D eigenvalue weighted by Crippen LogP contribution is -2.32. The number of hydrogen-bond acceptors (Lipinski definition) is 3. The molecule has 0 saturated carbocycles. The van der Waals surface area contributed by atoms with Gasteiger partial charge in [-0.25, -0.2) is 4.79 Å². The third-order valence-electron chi connectivity index (χ3n) is 2.11. The van der Waals surface area contributed by atoms with Gasteiger partial charge in [0.05, 0.1) is 11.8 Å². The van der Waals surface area contributed by atoms with E-state index in [1.54, 1.807) is 18.2 Å². The Morgan fingerprint density at radius 3 is 2.84 bits per heavy atom. The van der Waals surface area contributed by atoms with Crippen LogP contribution in [0.1, 0.15) is 22.8 Å². The summed E-state index contributed by atoms with van der Waals surface area (Å²) >= 11 is 4.98. The summed E-state index contributed by atoms with van der Waals surface area (Å²) in [5.41, 5.74) is 4.25. The lowest BCUT2D eigenvalue weighted by molar-refractivity contribution is 0.0697. The zero-order chi connectivity index (χ0) is 14.3. The van der Waals surface area contributed by atoms with E-state index >= 15 is 0 Å². The van der Waals surface area contributed by atoms with E-state index in [4.69, 9.17) is 17.3 Å². The highest BCUT2D eigenvalue weighted by atomic mass is 32.1. The fourth-order valence-corrected chi connectivity index (χ4v) is 1.36. The van der Waals surface area contributed by atoms with Crippen LogP contribution in [0.4, 0.5) is 0 Å². The molecule has 0 aliphatic carbocycles. The summed E-state index contributed by atoms with van der Waals surface area (Å²) in [5, 5.41) is 16.1. The maximum absolute atomic E-state index is 11.0. The summed E-state index contributed by atoms with van der Waals surface area (Å²) in [7, 11) is 0. The summed E-state index contributed by atoms with van der Waals surface area (Å²) in [6, 6.07) is 6.58. The number of nitrogens with one attached hydrogen (secondary N) is 2. The van der Waals surface area contributed by atoms with Crippen LogP contribution in [0.15, 0.2) is 41.5 Å². The average Bonchev–Trinajstić information content (AvgIpc) is 2.36. The van der Waals surface area contributed by atoms with Crippen molar-refractivity contribution < 1.29 is 9.90 Å². The molecule has 6 heteroatoms. The Kier molecular flexibility index (Phi) is 5.69. The Bertz CT molecular complexity index is 526. The Labute approximate surface area is 117 Å². The number of nitrogens with zero attached hydrogens (tertiary/aromatic N) is 1. The number of thiocarbonyl (C=S) groups is 1. The Hall–Kier alpha value is -2.21. The number of carbonyl (C=O) groups is 1. The average molecular weight is 277 g/mol. The number of carboxylic acid groups (broad SMARTS) is 1. The van der Waals surface area contributed by atoms with Crippen LogP contribution in [-0.4, -0.2) is 28.9 Å². The standard InChI is InChI=1S/C13H15N3O2S/c1-9(2)7-14-13(19)16-15-8-10-5-3-4-6-11(10)12(17)18/h3-6,8H,1,7H2,2H3,(H,17,18)(H2,14,16,19). The molecule has 100 valence electrons. The predicted octanol–water partition coefficient (Wildman–Crippen LogP) is 1.76. The quantitative estimate of drug-likeness (QED) is 0.331. The largest absolute Gasteiger partial charge is 0.478 e. The molecule has 0 saturated heterocycles. The molecule has 0 radical (unpaired) electrons. The molecule has 1 aromatic rings. The number of aromatic carboxylic acids is 1. The van der Waals surface area contributed by atoms with Crippen molar-refractivity contribution in [2.24, 2.45) is 5.10 Å². The molecule has 0 aliphatic heterocycles. The Morgan fingerprint density at radius 1 is 1.53 bits per heavy atom. The normalized spacial score (nSPS) is 10.2. The van der Waals surface area contributed by atoms with Crippen LogP contribution >= 0.6 is 12.2 Å². The molecular formula is C13H15N3O2S. The molecule has 0 amide bonds. The molecule has 0 aromatic heterocycles. The maximum Gasteiger partial charge on any atom is 0.336 e. The topological polar surface area (TPSA) is 73.7 Å². The van der Waals surface area contributed by atoms with E-state index in [0.717, 1.165) is 5.57 Å². The van der Waals surface area contributed by atoms with Crippen molar-refractivity contribution in [2.75, 3.05) is 6.54 Å². The van der Waals surface area contributed by atoms with E-state index in [9.17, 15) is 4.79 Å². The second-order valence-electron chi connectivity index (χ2n) is 3.90. The summed E-state index contributed by atoms with van der Waals surface area (Å²) in [5.74, 6) is -0.995. The van der Waals surface area contributed by atoms with Gasteiger partial charge in [-0.1, -0.05) is 30.4 Å². The van der Waals surface area contributed by atoms with Crippen LogP contribution in [-0.2, 0) is 0 Å². The minimum atomic E-state index is -0.995. The van der Waals surface area contributed by atoms with Crippen molar-refractivity contribution in [1.29, 1.82) is 0 Å². The van der Waals surface area contributed by atoms with Gasteiger partial charge in [0, 0.05) is 12.1 Å². The molecule has 1 rings (SSSR count). The SMILES string of the molecule is C=C(C)CNC(=S)NN=Cc1ccccc1C(=O)O. The molecule has 5 nitrogen and oxygen atoms in total. The van der Waals surface area contributed by atoms with Crippen LogP contribution < -0.4 is 10.7 Å². The molecule has 0 atom stereocenters. The smallest absolute Gasteiger partial charge is 0.336 e. The van der Waals surface area contributed by atoms with Crippen LogP contribution in [0.25, 0.3) is 0 Å². The van der Waals surface area contributed by atoms with Crippen LogP contribution in [0.5, 0.6) is 0 Å². The number of hydrazone groups is 1. The molecule has 0 aliphatic rings. The van der Waals surface area contributed by atoms with Crippen LogP contribution in [0.3, 0.4) is 0 Å². The molecule has 0 bridgehead atoms. The van der Waals surface area contributed by atoms with Crippen molar-refractivity contribution in [2.45, 2.75) is 6.92 Å². The molecular weight excluding hydrogens is 262 g/mol. The summed E-state index contributed by atoms with van der Waals surface area (Å²) in [6.07, 6.45) is 1.41. The van der Waals surface area contributed by atoms with Crippen molar-refractivity contribution in [3.63, 3.8) is 0 Å². The zero-order valence-corrected chi connectivity index (χ0v) is 11.3. The zero-order valence-electron chi connectivity index (χ0n) is 10.5. The van der Waals surface area contributed by atoms with Gasteiger partial charge in [-0.15, -0.1) is 0 Å². The Balaban J connectivity index is 2.60. The monoisotopic (exact) mass is 277 g/mol. The molecule has 0 heterocycles. The molecule has 0 unspecified atom stereocenters. The van der Waals surface area contributed by atoms with Gasteiger partial charge in [0.15, 0.2) is 5.11 Å². The maximum atomic E-state index is 11.0. The first-order valence-corrected chi connectivity index (χ1v) is 5.95. The van der Waals surface area contributed by atoms with Crippen LogP contribution in [0.2, 0.25) is 0 Å². The highest BCUT2D eigenvalue weighted by Gasteiger charge is 2.06. The van der Waals surface area contributed by atoms with Gasteiger partial charge in [0.25, 0.3) is 0 Å². The molecule has 19 heavy (non-hydrogen) atoms. The second-order valence-corrected chi connectivity index (χ2v) is 4.31. The summed E-state index contributed by atoms with van der Waals surface area (Å²) in [6.45, 7) is 6.17. The van der Waals surface area contributed by atoms with E-state index in [-0.39, 0.29) is 5.56 Å². The molecule has 0 spiro atoms. The number of benzene rings is 1. The minimum Gasteiger partial charge on any atom is -0.478 e. The fraction of sp³-hybridized carbons (Fsp3) is 0.154. The lowest BCUT2D eigenvalue weighted by Gasteiger charge is -2.06. The van der Waals surface area contributed by atoms with Crippen molar-refractivity contribution in [3.05, 3.63) is 47.5 Å². The first-order valence-electron chi connectivity index (χ1n) is 5.54. The highest BCUT2D eigenvalue weighted by Crippen LogP contribution is 2.05. The first kappa shape index (κ1) is 14.8. The van der Waals surface area contributed by atoms with Gasteiger partial charge in [-0.3, -0.25) is 5.43 Å². The number of hydrogen-bond donors (Lipinski definition) is 3. The number of carboxylic acids is 1. The molecule has 0 fully saturated rings. The van der Waals surface area contributed by atoms with Gasteiger partial charge in [-0.05, 0) is 25.2 Å². The third kappa shape index (κ3) is 5.31. The predicted molar refractivity (Wildman–Crippen MR) is 79.5 cm³/mol. The summed E-state index contributed by atoms with van der Waals surface area (Å²) in [4.78, 5) is 11.0. The van der Waals surface area contributed by atoms with Gasteiger partial charge in [-0.2, -0.15) is 5.10 Å². The third-order valence-corrected chi connectivity index (χ3v) is 2.35. The van der Waals surface area contributed by atoms with E-state index in [2.05, 4.69) is 22.4 Å². The minimum absolute atomic E-state index is 0.189. The van der Waals surface area contributed by atoms with Crippen molar-refractivity contribution in [3.8, 4) is 0 Å². The van der Waals surface area contributed by atoms with E-state index in [1.807, 2.05) is 6.92 Å². The number of rotatable bonds is 5. The Morgan fingerprint density at radius 2 is 2.21 bits per heavy atom. The summed E-state index contributed by atoms with van der Waals surface area (Å²) < 4.78 is 0. The molecule has 3 N–H and O–H groups in total. The van der Waals surface area contributed by atoms with Crippen molar-refractivity contribution in [1.82, 2.24) is 10.7 Å². The van der Waals surface area contributed by atoms with Crippen LogP contribution in [0, 0.1) is 0 Å². The van der Waals surface area contributed by atoms with Gasteiger partial charge in [0.1, 0.15) is 0 Å². The first-order chi connectivity index (χ1) is 9.00. The molecule has 1 aromatic carbocycles. The van der Waals surface area contributed by atoms with E-state index in [1.165, 1.54) is 12.3 Å². The van der Waals surface area contributed by atoms with Crippen molar-refractivity contribution >= 4 is 29.5 Å². The second kappa shape index (κ2) is 7.27. The van der Waals surface area contributed by atoms with E-state index < -0.39 is 5.97 Å². The highest BCUT2D eigenvalue weighted by molar-refractivity contribution is 7.80. The lowest BCUT2D eigenvalue weighted by atomic mass is 10.1.